The van der Waals surface area contributed by atoms with Gasteiger partial charge in [-0.3, -0.25) is 4.39 Å². The molecule has 74 valence electrons. The van der Waals surface area contributed by atoms with Gasteiger partial charge >= 0.3 is 0 Å². The van der Waals surface area contributed by atoms with E-state index in [-0.39, 0.29) is 19.3 Å². The van der Waals surface area contributed by atoms with Gasteiger partial charge in [-0.2, -0.15) is 0 Å². The number of rotatable bonds is 6. The Balaban J connectivity index is 3.49. The molecule has 2 unspecified atom stereocenters. The minimum Gasteiger partial charge on any atom is -0.251 e. The first-order valence-corrected chi connectivity index (χ1v) is 3.72. The van der Waals surface area contributed by atoms with E-state index >= 15 is 0 Å². The summed E-state index contributed by atoms with van der Waals surface area (Å²) in [6, 6.07) is 0. The number of unbranched alkanes of at least 4 members (excludes halogenated alkanes) is 1. The van der Waals surface area contributed by atoms with Gasteiger partial charge in [0, 0.05) is 0 Å². The third-order valence-corrected chi connectivity index (χ3v) is 1.45. The summed E-state index contributed by atoms with van der Waals surface area (Å²) in [6.07, 6.45) is -8.33. The molecule has 5 heteroatoms. The van der Waals surface area contributed by atoms with Crippen LogP contribution in [-0.2, 0) is 0 Å². The number of alkyl halides is 5. The minimum absolute atomic E-state index is 0.0936. The third kappa shape index (κ3) is 4.51. The van der Waals surface area contributed by atoms with Crippen molar-refractivity contribution in [3.8, 4) is 0 Å². The highest BCUT2D eigenvalue weighted by Gasteiger charge is 2.28. The first kappa shape index (κ1) is 11.6. The van der Waals surface area contributed by atoms with Crippen LogP contribution >= 0.6 is 0 Å². The van der Waals surface area contributed by atoms with Crippen molar-refractivity contribution in [1.82, 2.24) is 0 Å². The van der Waals surface area contributed by atoms with Gasteiger partial charge in [0.1, 0.15) is 6.17 Å². The van der Waals surface area contributed by atoms with Crippen LogP contribution < -0.4 is 0 Å². The molecule has 12 heavy (non-hydrogen) atoms. The van der Waals surface area contributed by atoms with Crippen LogP contribution in [0.5, 0.6) is 0 Å². The maximum atomic E-state index is 12.4. The molecule has 0 aliphatic heterocycles. The summed E-state index contributed by atoms with van der Waals surface area (Å²) in [5, 5.41) is 0. The molecular weight excluding hydrogens is 179 g/mol. The van der Waals surface area contributed by atoms with E-state index in [1.165, 1.54) is 0 Å². The van der Waals surface area contributed by atoms with E-state index < -0.39 is 25.4 Å². The molecule has 0 bridgehead atoms. The summed E-state index contributed by atoms with van der Waals surface area (Å²) < 4.78 is 59.0. The van der Waals surface area contributed by atoms with Gasteiger partial charge in [-0.1, -0.05) is 0 Å². The minimum atomic E-state index is -3.29. The third-order valence-electron chi connectivity index (χ3n) is 1.45. The molecule has 0 N–H and O–H groups in total. The molecular formula is C7H11F5. The zero-order chi connectivity index (χ0) is 9.56. The topological polar surface area (TPSA) is 0 Å². The fourth-order valence-corrected chi connectivity index (χ4v) is 0.751. The average molecular weight is 190 g/mol. The standard InChI is InChI=1S/C7H11F5/c8-4-2-1-3-5(9)6(10)7(11)12/h5-7H,1-4H2. The molecule has 0 saturated heterocycles. The van der Waals surface area contributed by atoms with Gasteiger partial charge in [0.25, 0.3) is 6.43 Å². The average Bonchev–Trinajstić information content (AvgIpc) is 2.03. The van der Waals surface area contributed by atoms with Crippen molar-refractivity contribution in [2.75, 3.05) is 6.67 Å². The molecule has 0 aliphatic carbocycles. The van der Waals surface area contributed by atoms with Crippen LogP contribution in [0.2, 0.25) is 0 Å². The Kier molecular flexibility index (Phi) is 6.02. The largest absolute Gasteiger partial charge is 0.272 e. The van der Waals surface area contributed by atoms with E-state index in [1.54, 1.807) is 0 Å². The summed E-state index contributed by atoms with van der Waals surface area (Å²) in [5.74, 6) is 0. The van der Waals surface area contributed by atoms with Gasteiger partial charge in [-0.25, -0.2) is 17.6 Å². The van der Waals surface area contributed by atoms with Crippen LogP contribution in [0.4, 0.5) is 22.0 Å². The van der Waals surface area contributed by atoms with Crippen molar-refractivity contribution in [2.24, 2.45) is 0 Å². The molecule has 0 aromatic carbocycles. The van der Waals surface area contributed by atoms with Crippen LogP contribution in [0.25, 0.3) is 0 Å². The number of halogens is 5. The van der Waals surface area contributed by atoms with Crippen LogP contribution in [0.15, 0.2) is 0 Å². The highest BCUT2D eigenvalue weighted by atomic mass is 19.3. The monoisotopic (exact) mass is 190 g/mol. The molecule has 0 saturated carbocycles. The molecule has 0 aliphatic rings. The molecule has 0 fully saturated rings. The quantitative estimate of drug-likeness (QED) is 0.446. The molecule has 0 radical (unpaired) electrons. The lowest BCUT2D eigenvalue weighted by molar-refractivity contribution is 0.000438. The van der Waals surface area contributed by atoms with E-state index in [9.17, 15) is 22.0 Å². The lowest BCUT2D eigenvalue weighted by atomic mass is 10.1. The molecule has 0 rings (SSSR count). The van der Waals surface area contributed by atoms with Gasteiger partial charge in [-0.05, 0) is 19.3 Å². The molecule has 0 aromatic rings. The number of hydrogen-bond acceptors (Lipinski definition) is 0. The second-order valence-corrected chi connectivity index (χ2v) is 2.48. The van der Waals surface area contributed by atoms with Crippen molar-refractivity contribution in [3.63, 3.8) is 0 Å². The second kappa shape index (κ2) is 6.20. The van der Waals surface area contributed by atoms with Gasteiger partial charge < -0.3 is 0 Å². The van der Waals surface area contributed by atoms with Crippen molar-refractivity contribution in [1.29, 1.82) is 0 Å². The number of hydrogen-bond donors (Lipinski definition) is 0. The van der Waals surface area contributed by atoms with Crippen molar-refractivity contribution in [2.45, 2.75) is 38.0 Å². The first-order valence-electron chi connectivity index (χ1n) is 3.72. The summed E-state index contributed by atoms with van der Waals surface area (Å²) in [6.45, 7) is -0.627. The summed E-state index contributed by atoms with van der Waals surface area (Å²) in [4.78, 5) is 0. The van der Waals surface area contributed by atoms with Gasteiger partial charge in [-0.15, -0.1) is 0 Å². The smallest absolute Gasteiger partial charge is 0.251 e. The molecule has 0 nitrogen and oxygen atoms in total. The van der Waals surface area contributed by atoms with E-state index in [0.29, 0.717) is 0 Å². The SMILES string of the molecule is FCCCCC(F)C(F)C(F)F. The highest BCUT2D eigenvalue weighted by molar-refractivity contribution is 4.70. The van der Waals surface area contributed by atoms with E-state index in [1.807, 2.05) is 0 Å². The summed E-state index contributed by atoms with van der Waals surface area (Å²) in [7, 11) is 0. The van der Waals surface area contributed by atoms with Crippen molar-refractivity contribution < 1.29 is 22.0 Å². The molecule has 0 spiro atoms. The lowest BCUT2D eigenvalue weighted by Crippen LogP contribution is -2.24. The Morgan fingerprint density at radius 2 is 1.50 bits per heavy atom. The van der Waals surface area contributed by atoms with Gasteiger partial charge in [0.2, 0.25) is 0 Å². The Hall–Kier alpha value is -0.350. The Morgan fingerprint density at radius 3 is 1.92 bits per heavy atom. The van der Waals surface area contributed by atoms with Crippen LogP contribution in [-0.4, -0.2) is 25.4 Å². The van der Waals surface area contributed by atoms with Crippen LogP contribution in [0.3, 0.4) is 0 Å². The summed E-state index contributed by atoms with van der Waals surface area (Å²) >= 11 is 0. The maximum Gasteiger partial charge on any atom is 0.272 e. The zero-order valence-corrected chi connectivity index (χ0v) is 6.45. The fraction of sp³-hybridized carbons (Fsp3) is 1.00. The molecule has 0 aromatic heterocycles. The fourth-order valence-electron chi connectivity index (χ4n) is 0.751. The first-order chi connectivity index (χ1) is 5.59. The predicted molar refractivity (Wildman–Crippen MR) is 35.6 cm³/mol. The lowest BCUT2D eigenvalue weighted by Gasteiger charge is -2.11. The predicted octanol–water partition coefficient (Wildman–Crippen LogP) is 3.07. The normalized spacial score (nSPS) is 16.5. The Labute approximate surface area is 67.8 Å². The van der Waals surface area contributed by atoms with E-state index in [0.717, 1.165) is 0 Å². The Morgan fingerprint density at radius 1 is 0.917 bits per heavy atom. The van der Waals surface area contributed by atoms with E-state index in [4.69, 9.17) is 0 Å². The van der Waals surface area contributed by atoms with Gasteiger partial charge in [0.15, 0.2) is 6.17 Å². The Bertz CT molecular complexity index is 106. The molecule has 0 heterocycles. The van der Waals surface area contributed by atoms with E-state index in [2.05, 4.69) is 0 Å². The van der Waals surface area contributed by atoms with Crippen molar-refractivity contribution in [3.05, 3.63) is 0 Å². The van der Waals surface area contributed by atoms with Crippen LogP contribution in [0.1, 0.15) is 19.3 Å². The molecule has 2 atom stereocenters. The van der Waals surface area contributed by atoms with Crippen LogP contribution in [0, 0.1) is 0 Å². The summed E-state index contributed by atoms with van der Waals surface area (Å²) in [5.41, 5.74) is 0. The maximum absolute atomic E-state index is 12.4. The second-order valence-electron chi connectivity index (χ2n) is 2.48. The zero-order valence-electron chi connectivity index (χ0n) is 6.45. The molecule has 0 amide bonds. The highest BCUT2D eigenvalue weighted by Crippen LogP contribution is 2.17. The van der Waals surface area contributed by atoms with Gasteiger partial charge in [0.05, 0.1) is 6.67 Å². The van der Waals surface area contributed by atoms with Crippen molar-refractivity contribution >= 4 is 0 Å².